The van der Waals surface area contributed by atoms with Crippen LogP contribution in [0.1, 0.15) is 32.6 Å². The second-order valence-corrected chi connectivity index (χ2v) is 7.10. The van der Waals surface area contributed by atoms with Crippen LogP contribution >= 0.6 is 23.4 Å². The number of amides is 1. The van der Waals surface area contributed by atoms with Crippen LogP contribution in [0.5, 0.6) is 5.75 Å². The van der Waals surface area contributed by atoms with Crippen LogP contribution in [0, 0.1) is 0 Å². The minimum atomic E-state index is -0.0678. The standard InChI is InChI=1S/C15H20ClNO2S/c1-10(20-12-5-3-4-6-12)15(18)17-13-9-11(16)7-8-14(13)19-2/h7-10,12H,3-6H2,1-2H3,(H,17,18)/t10-/m1/s1. The lowest BCUT2D eigenvalue weighted by atomic mass is 10.3. The van der Waals surface area contributed by atoms with Gasteiger partial charge in [-0.05, 0) is 38.0 Å². The van der Waals surface area contributed by atoms with Crippen molar-refractivity contribution in [3.05, 3.63) is 23.2 Å². The average Bonchev–Trinajstić information content (AvgIpc) is 2.91. The highest BCUT2D eigenvalue weighted by Gasteiger charge is 2.23. The van der Waals surface area contributed by atoms with Crippen molar-refractivity contribution in [3.63, 3.8) is 0 Å². The van der Waals surface area contributed by atoms with Crippen LogP contribution in [0.2, 0.25) is 5.02 Å². The maximum atomic E-state index is 12.2. The zero-order chi connectivity index (χ0) is 14.5. The fraction of sp³-hybridized carbons (Fsp3) is 0.533. The van der Waals surface area contributed by atoms with Gasteiger partial charge >= 0.3 is 0 Å². The van der Waals surface area contributed by atoms with Crippen molar-refractivity contribution in [2.24, 2.45) is 0 Å². The summed E-state index contributed by atoms with van der Waals surface area (Å²) in [5.74, 6) is 0.628. The summed E-state index contributed by atoms with van der Waals surface area (Å²) in [4.78, 5) is 12.2. The average molecular weight is 314 g/mol. The number of methoxy groups -OCH3 is 1. The van der Waals surface area contributed by atoms with Crippen molar-refractivity contribution in [1.82, 2.24) is 0 Å². The third-order valence-corrected chi connectivity index (χ3v) is 5.20. The van der Waals surface area contributed by atoms with Crippen LogP contribution in [0.25, 0.3) is 0 Å². The third-order valence-electron chi connectivity index (χ3n) is 3.49. The number of benzene rings is 1. The molecule has 0 heterocycles. The van der Waals surface area contributed by atoms with Crippen LogP contribution in [-0.2, 0) is 4.79 Å². The van der Waals surface area contributed by atoms with Crippen LogP contribution in [0.15, 0.2) is 18.2 Å². The molecule has 0 bridgehead atoms. The van der Waals surface area contributed by atoms with Gasteiger partial charge in [-0.2, -0.15) is 0 Å². The van der Waals surface area contributed by atoms with E-state index in [1.54, 1.807) is 37.1 Å². The Bertz CT molecular complexity index is 475. The molecule has 3 nitrogen and oxygen atoms in total. The second kappa shape index (κ2) is 7.23. The van der Waals surface area contributed by atoms with E-state index < -0.39 is 0 Å². The van der Waals surface area contributed by atoms with Crippen LogP contribution in [0.3, 0.4) is 0 Å². The van der Waals surface area contributed by atoms with E-state index in [0.717, 1.165) is 0 Å². The summed E-state index contributed by atoms with van der Waals surface area (Å²) >= 11 is 7.73. The molecule has 1 N–H and O–H groups in total. The van der Waals surface area contributed by atoms with Crippen molar-refractivity contribution < 1.29 is 9.53 Å². The number of thioether (sulfide) groups is 1. The molecule has 0 spiro atoms. The van der Waals surface area contributed by atoms with Gasteiger partial charge in [0.2, 0.25) is 5.91 Å². The monoisotopic (exact) mass is 313 g/mol. The van der Waals surface area contributed by atoms with Crippen LogP contribution in [0.4, 0.5) is 5.69 Å². The molecule has 1 amide bonds. The summed E-state index contributed by atoms with van der Waals surface area (Å²) in [5.41, 5.74) is 0.629. The number of carbonyl (C=O) groups is 1. The Balaban J connectivity index is 1.97. The maximum Gasteiger partial charge on any atom is 0.237 e. The minimum absolute atomic E-state index is 0.00228. The number of hydrogen-bond donors (Lipinski definition) is 1. The molecule has 1 aliphatic carbocycles. The van der Waals surface area contributed by atoms with Gasteiger partial charge in [0.15, 0.2) is 0 Å². The maximum absolute atomic E-state index is 12.2. The normalized spacial score (nSPS) is 16.9. The number of rotatable bonds is 5. The highest BCUT2D eigenvalue weighted by molar-refractivity contribution is 8.01. The third kappa shape index (κ3) is 4.06. The molecule has 1 aromatic carbocycles. The number of ether oxygens (including phenoxy) is 1. The molecule has 20 heavy (non-hydrogen) atoms. The Kier molecular flexibility index (Phi) is 5.61. The van der Waals surface area contributed by atoms with Crippen LogP contribution < -0.4 is 10.1 Å². The summed E-state index contributed by atoms with van der Waals surface area (Å²) in [7, 11) is 1.58. The molecule has 110 valence electrons. The predicted molar refractivity (Wildman–Crippen MR) is 85.9 cm³/mol. The molecule has 1 atom stereocenters. The van der Waals surface area contributed by atoms with Gasteiger partial charge in [-0.3, -0.25) is 4.79 Å². The van der Waals surface area contributed by atoms with E-state index in [9.17, 15) is 4.79 Å². The molecule has 1 aliphatic rings. The summed E-state index contributed by atoms with van der Waals surface area (Å²) in [6.07, 6.45) is 5.02. The lowest BCUT2D eigenvalue weighted by molar-refractivity contribution is -0.115. The van der Waals surface area contributed by atoms with Crippen molar-refractivity contribution >= 4 is 35.0 Å². The smallest absolute Gasteiger partial charge is 0.237 e. The number of anilines is 1. The number of halogens is 1. The Hall–Kier alpha value is -0.870. The first-order valence-corrected chi connectivity index (χ1v) is 8.22. The zero-order valence-corrected chi connectivity index (χ0v) is 13.4. The highest BCUT2D eigenvalue weighted by atomic mass is 35.5. The van der Waals surface area contributed by atoms with Gasteiger partial charge in [-0.15, -0.1) is 11.8 Å². The largest absolute Gasteiger partial charge is 0.495 e. The number of nitrogens with one attached hydrogen (secondary N) is 1. The molecule has 0 saturated heterocycles. The Morgan fingerprint density at radius 1 is 1.45 bits per heavy atom. The van der Waals surface area contributed by atoms with Crippen molar-refractivity contribution in [1.29, 1.82) is 0 Å². The second-order valence-electron chi connectivity index (χ2n) is 5.02. The van der Waals surface area contributed by atoms with Crippen molar-refractivity contribution in [2.75, 3.05) is 12.4 Å². The Morgan fingerprint density at radius 3 is 2.80 bits per heavy atom. The highest BCUT2D eigenvalue weighted by Crippen LogP contribution is 2.33. The Morgan fingerprint density at radius 2 is 2.15 bits per heavy atom. The summed E-state index contributed by atoms with van der Waals surface area (Å²) < 4.78 is 5.23. The summed E-state index contributed by atoms with van der Waals surface area (Å²) in [6, 6.07) is 5.21. The van der Waals surface area contributed by atoms with Gasteiger partial charge in [0.25, 0.3) is 0 Å². The molecule has 5 heteroatoms. The predicted octanol–water partition coefficient (Wildman–Crippen LogP) is 4.35. The fourth-order valence-electron chi connectivity index (χ4n) is 2.39. The zero-order valence-electron chi connectivity index (χ0n) is 11.8. The van der Waals surface area contributed by atoms with Gasteiger partial charge < -0.3 is 10.1 Å². The molecule has 1 fully saturated rings. The summed E-state index contributed by atoms with van der Waals surface area (Å²) in [6.45, 7) is 1.95. The molecule has 0 unspecified atom stereocenters. The Labute approximate surface area is 129 Å². The molecular weight excluding hydrogens is 294 g/mol. The van der Waals surface area contributed by atoms with E-state index in [1.807, 2.05) is 6.92 Å². The first-order chi connectivity index (χ1) is 9.60. The van der Waals surface area contributed by atoms with Crippen molar-refractivity contribution in [3.8, 4) is 5.75 Å². The molecule has 0 radical (unpaired) electrons. The van der Waals surface area contributed by atoms with Crippen molar-refractivity contribution in [2.45, 2.75) is 43.1 Å². The first kappa shape index (κ1) is 15.5. The lowest BCUT2D eigenvalue weighted by Gasteiger charge is -2.17. The van der Waals surface area contributed by atoms with E-state index >= 15 is 0 Å². The molecule has 0 aliphatic heterocycles. The van der Waals surface area contributed by atoms with E-state index in [4.69, 9.17) is 16.3 Å². The summed E-state index contributed by atoms with van der Waals surface area (Å²) in [5, 5.41) is 4.04. The van der Waals surface area contributed by atoms with E-state index in [1.165, 1.54) is 25.7 Å². The fourth-order valence-corrected chi connectivity index (χ4v) is 3.92. The van der Waals surface area contributed by atoms with Gasteiger partial charge in [0.1, 0.15) is 5.75 Å². The molecular formula is C15H20ClNO2S. The lowest BCUT2D eigenvalue weighted by Crippen LogP contribution is -2.24. The minimum Gasteiger partial charge on any atom is -0.495 e. The molecule has 1 saturated carbocycles. The van der Waals surface area contributed by atoms with Gasteiger partial charge in [0, 0.05) is 10.3 Å². The molecule has 2 rings (SSSR count). The topological polar surface area (TPSA) is 38.3 Å². The van der Waals surface area contributed by atoms with E-state index in [2.05, 4.69) is 5.32 Å². The molecule has 1 aromatic rings. The number of hydrogen-bond acceptors (Lipinski definition) is 3. The quantitative estimate of drug-likeness (QED) is 0.878. The first-order valence-electron chi connectivity index (χ1n) is 6.90. The van der Waals surface area contributed by atoms with Gasteiger partial charge in [-0.1, -0.05) is 24.4 Å². The number of carbonyl (C=O) groups excluding carboxylic acids is 1. The SMILES string of the molecule is COc1ccc(Cl)cc1NC(=O)[C@@H](C)SC1CCCC1. The van der Waals surface area contributed by atoms with Gasteiger partial charge in [0.05, 0.1) is 18.0 Å². The molecule has 0 aromatic heterocycles. The van der Waals surface area contributed by atoms with Gasteiger partial charge in [-0.25, -0.2) is 0 Å². The van der Waals surface area contributed by atoms with Crippen LogP contribution in [-0.4, -0.2) is 23.5 Å². The van der Waals surface area contributed by atoms with E-state index in [0.29, 0.717) is 21.7 Å². The van der Waals surface area contributed by atoms with E-state index in [-0.39, 0.29) is 11.2 Å².